The van der Waals surface area contributed by atoms with Gasteiger partial charge in [-0.05, 0) is 37.6 Å². The number of nitrogens with one attached hydrogen (secondary N) is 1. The van der Waals surface area contributed by atoms with Crippen molar-refractivity contribution in [1.82, 2.24) is 0 Å². The zero-order chi connectivity index (χ0) is 14.9. The molecule has 0 saturated heterocycles. The normalized spacial score (nSPS) is 11.3. The maximum absolute atomic E-state index is 12.3. The number of sulfonamides is 1. The minimum Gasteiger partial charge on any atom is -0.504 e. The van der Waals surface area contributed by atoms with Crippen molar-refractivity contribution in [3.63, 3.8) is 0 Å². The summed E-state index contributed by atoms with van der Waals surface area (Å²) < 4.78 is 27.0. The van der Waals surface area contributed by atoms with Gasteiger partial charge in [-0.3, -0.25) is 4.72 Å². The zero-order valence-corrected chi connectivity index (χ0v) is 12.6. The van der Waals surface area contributed by atoms with Gasteiger partial charge in [-0.2, -0.15) is 0 Å². The summed E-state index contributed by atoms with van der Waals surface area (Å²) in [6.45, 7) is 3.61. The summed E-state index contributed by atoms with van der Waals surface area (Å²) in [5, 5.41) is 9.85. The van der Waals surface area contributed by atoms with Crippen LogP contribution in [0.5, 0.6) is 5.75 Å². The van der Waals surface area contributed by atoms with E-state index in [1.807, 2.05) is 6.92 Å². The molecule has 0 heterocycles. The maximum atomic E-state index is 12.3. The molecule has 4 nitrogen and oxygen atoms in total. The van der Waals surface area contributed by atoms with E-state index in [1.54, 1.807) is 25.1 Å². The predicted octanol–water partition coefficient (Wildman–Crippen LogP) is 3.46. The van der Waals surface area contributed by atoms with Crippen LogP contribution in [0.4, 0.5) is 5.69 Å². The topological polar surface area (TPSA) is 66.4 Å². The molecule has 0 atom stereocenters. The predicted molar refractivity (Wildman–Crippen MR) is 79.8 cm³/mol. The van der Waals surface area contributed by atoms with Gasteiger partial charge in [0.05, 0.1) is 15.6 Å². The molecule has 2 aromatic rings. The maximum Gasteiger partial charge on any atom is 0.262 e. The standard InChI is InChI=1S/C14H14ClNO3S/c1-9-6-7-13(10(2)8-9)20(18,19)16-12-5-3-4-11(15)14(12)17/h3-8,16-17H,1-2H3. The zero-order valence-electron chi connectivity index (χ0n) is 11.0. The highest BCUT2D eigenvalue weighted by Gasteiger charge is 2.19. The number of aryl methyl sites for hydroxylation is 2. The van der Waals surface area contributed by atoms with Crippen LogP contribution in [0.2, 0.25) is 5.02 Å². The summed E-state index contributed by atoms with van der Waals surface area (Å²) in [4.78, 5) is 0.169. The second-order valence-corrected chi connectivity index (χ2v) is 6.57. The van der Waals surface area contributed by atoms with E-state index in [0.717, 1.165) is 5.56 Å². The molecule has 0 aliphatic rings. The lowest BCUT2D eigenvalue weighted by Crippen LogP contribution is -2.14. The van der Waals surface area contributed by atoms with Crippen molar-refractivity contribution >= 4 is 27.3 Å². The van der Waals surface area contributed by atoms with Gasteiger partial charge >= 0.3 is 0 Å². The fourth-order valence-corrected chi connectivity index (χ4v) is 3.37. The monoisotopic (exact) mass is 311 g/mol. The minimum absolute atomic E-state index is 0.0532. The Morgan fingerprint density at radius 1 is 1.15 bits per heavy atom. The molecule has 0 spiro atoms. The number of para-hydroxylation sites is 1. The Bertz CT molecular complexity index is 757. The van der Waals surface area contributed by atoms with Gasteiger partial charge in [0.15, 0.2) is 5.75 Å². The smallest absolute Gasteiger partial charge is 0.262 e. The second-order valence-electron chi connectivity index (χ2n) is 4.51. The number of hydrogen-bond donors (Lipinski definition) is 2. The van der Waals surface area contributed by atoms with E-state index in [0.29, 0.717) is 5.56 Å². The highest BCUT2D eigenvalue weighted by Crippen LogP contribution is 2.33. The Morgan fingerprint density at radius 2 is 1.85 bits per heavy atom. The Balaban J connectivity index is 2.44. The molecule has 6 heteroatoms. The van der Waals surface area contributed by atoms with Crippen LogP contribution < -0.4 is 4.72 Å². The van der Waals surface area contributed by atoms with E-state index >= 15 is 0 Å². The third-order valence-corrected chi connectivity index (χ3v) is 4.68. The van der Waals surface area contributed by atoms with Crippen LogP contribution in [-0.4, -0.2) is 13.5 Å². The average molecular weight is 312 g/mol. The van der Waals surface area contributed by atoms with Crippen LogP contribution in [0.3, 0.4) is 0 Å². The molecule has 106 valence electrons. The number of rotatable bonds is 3. The number of phenolic OH excluding ortho intramolecular Hbond substituents is 1. The van der Waals surface area contributed by atoms with Crippen molar-refractivity contribution < 1.29 is 13.5 Å². The van der Waals surface area contributed by atoms with E-state index in [9.17, 15) is 13.5 Å². The van der Waals surface area contributed by atoms with Crippen molar-refractivity contribution in [2.24, 2.45) is 0 Å². The summed E-state index contributed by atoms with van der Waals surface area (Å²) in [7, 11) is -3.77. The molecule has 2 rings (SSSR count). The van der Waals surface area contributed by atoms with E-state index in [4.69, 9.17) is 11.6 Å². The van der Waals surface area contributed by atoms with Crippen molar-refractivity contribution in [1.29, 1.82) is 0 Å². The first-order valence-electron chi connectivity index (χ1n) is 5.89. The first-order chi connectivity index (χ1) is 9.31. The molecular formula is C14H14ClNO3S. The van der Waals surface area contributed by atoms with Gasteiger partial charge in [-0.15, -0.1) is 0 Å². The van der Waals surface area contributed by atoms with Crippen molar-refractivity contribution in [3.05, 3.63) is 52.5 Å². The Morgan fingerprint density at radius 3 is 2.50 bits per heavy atom. The van der Waals surface area contributed by atoms with E-state index in [-0.39, 0.29) is 21.4 Å². The molecule has 0 bridgehead atoms. The third kappa shape index (κ3) is 2.89. The third-order valence-electron chi connectivity index (χ3n) is 2.85. The van der Waals surface area contributed by atoms with Crippen LogP contribution in [0, 0.1) is 13.8 Å². The van der Waals surface area contributed by atoms with Crippen molar-refractivity contribution in [3.8, 4) is 5.75 Å². The molecule has 0 radical (unpaired) electrons. The molecule has 0 aliphatic carbocycles. The first-order valence-corrected chi connectivity index (χ1v) is 7.75. The Labute approximate surface area is 123 Å². The molecule has 0 aliphatic heterocycles. The van der Waals surface area contributed by atoms with Gasteiger partial charge in [-0.25, -0.2) is 8.42 Å². The van der Waals surface area contributed by atoms with Gasteiger partial charge in [0.1, 0.15) is 0 Å². The number of halogens is 1. The molecule has 2 N–H and O–H groups in total. The van der Waals surface area contributed by atoms with Crippen LogP contribution in [0.1, 0.15) is 11.1 Å². The quantitative estimate of drug-likeness (QED) is 0.853. The molecule has 2 aromatic carbocycles. The van der Waals surface area contributed by atoms with Crippen molar-refractivity contribution in [2.45, 2.75) is 18.7 Å². The number of hydrogen-bond acceptors (Lipinski definition) is 3. The second kappa shape index (κ2) is 5.34. The summed E-state index contributed by atoms with van der Waals surface area (Å²) in [6, 6.07) is 9.52. The molecule has 20 heavy (non-hydrogen) atoms. The lowest BCUT2D eigenvalue weighted by molar-refractivity contribution is 0.478. The largest absolute Gasteiger partial charge is 0.504 e. The molecule has 0 amide bonds. The first kappa shape index (κ1) is 14.7. The highest BCUT2D eigenvalue weighted by atomic mass is 35.5. The van der Waals surface area contributed by atoms with Gasteiger partial charge in [0.25, 0.3) is 10.0 Å². The minimum atomic E-state index is -3.77. The summed E-state index contributed by atoms with van der Waals surface area (Å²) in [6.07, 6.45) is 0. The van der Waals surface area contributed by atoms with E-state index < -0.39 is 10.0 Å². The lowest BCUT2D eigenvalue weighted by Gasteiger charge is -2.12. The molecular weight excluding hydrogens is 298 g/mol. The fourth-order valence-electron chi connectivity index (χ4n) is 1.90. The van der Waals surface area contributed by atoms with Gasteiger partial charge in [0.2, 0.25) is 0 Å². The summed E-state index contributed by atoms with van der Waals surface area (Å²) in [5.41, 5.74) is 1.67. The van der Waals surface area contributed by atoms with Crippen LogP contribution in [0.25, 0.3) is 0 Å². The SMILES string of the molecule is Cc1ccc(S(=O)(=O)Nc2cccc(Cl)c2O)c(C)c1. The van der Waals surface area contributed by atoms with Gasteiger partial charge in [-0.1, -0.05) is 35.4 Å². The number of benzene rings is 2. The van der Waals surface area contributed by atoms with E-state index in [2.05, 4.69) is 4.72 Å². The van der Waals surface area contributed by atoms with Gasteiger partial charge in [0, 0.05) is 0 Å². The Kier molecular flexibility index (Phi) is 3.92. The number of anilines is 1. The number of phenols is 1. The van der Waals surface area contributed by atoms with Gasteiger partial charge < -0.3 is 5.11 Å². The van der Waals surface area contributed by atoms with E-state index in [1.165, 1.54) is 18.2 Å². The van der Waals surface area contributed by atoms with Crippen LogP contribution >= 0.6 is 11.6 Å². The lowest BCUT2D eigenvalue weighted by atomic mass is 10.2. The summed E-state index contributed by atoms with van der Waals surface area (Å²) >= 11 is 5.76. The Hall–Kier alpha value is -1.72. The van der Waals surface area contributed by atoms with Crippen LogP contribution in [-0.2, 0) is 10.0 Å². The molecule has 0 unspecified atom stereocenters. The summed E-state index contributed by atoms with van der Waals surface area (Å²) in [5.74, 6) is -0.289. The molecule has 0 saturated carbocycles. The van der Waals surface area contributed by atoms with Crippen molar-refractivity contribution in [2.75, 3.05) is 4.72 Å². The molecule has 0 fully saturated rings. The molecule has 0 aromatic heterocycles. The highest BCUT2D eigenvalue weighted by molar-refractivity contribution is 7.92. The average Bonchev–Trinajstić information content (AvgIpc) is 2.34. The number of aromatic hydroxyl groups is 1. The van der Waals surface area contributed by atoms with Crippen LogP contribution in [0.15, 0.2) is 41.3 Å². The fraction of sp³-hybridized carbons (Fsp3) is 0.143.